The van der Waals surface area contributed by atoms with Crippen molar-refractivity contribution < 1.29 is 9.90 Å². The van der Waals surface area contributed by atoms with Gasteiger partial charge in [-0.2, -0.15) is 0 Å². The molecule has 5 heteroatoms. The van der Waals surface area contributed by atoms with Crippen LogP contribution >= 0.6 is 12.4 Å². The lowest BCUT2D eigenvalue weighted by Gasteiger charge is -2.33. The molecule has 0 bridgehead atoms. The van der Waals surface area contributed by atoms with E-state index in [0.29, 0.717) is 11.5 Å². The third-order valence-corrected chi connectivity index (χ3v) is 4.85. The average Bonchev–Trinajstić information content (AvgIpc) is 2.62. The fourth-order valence-electron chi connectivity index (χ4n) is 3.61. The van der Waals surface area contributed by atoms with Crippen LogP contribution in [-0.2, 0) is 6.54 Å². The van der Waals surface area contributed by atoms with E-state index in [2.05, 4.69) is 40.5 Å². The van der Waals surface area contributed by atoms with Crippen LogP contribution in [0, 0.1) is 0 Å². The Morgan fingerprint density at radius 3 is 2.40 bits per heavy atom. The molecule has 2 N–H and O–H groups in total. The summed E-state index contributed by atoms with van der Waals surface area (Å²) in [6, 6.07) is 16.1. The van der Waals surface area contributed by atoms with Crippen molar-refractivity contribution >= 4 is 24.1 Å². The molecule has 0 spiro atoms. The third kappa shape index (κ3) is 4.53. The predicted octanol–water partition coefficient (Wildman–Crippen LogP) is 4.23. The molecular weight excluding hydrogens is 336 g/mol. The van der Waals surface area contributed by atoms with Gasteiger partial charge in [0.05, 0.1) is 11.3 Å². The van der Waals surface area contributed by atoms with Gasteiger partial charge >= 0.3 is 5.97 Å². The van der Waals surface area contributed by atoms with Crippen LogP contribution in [0.3, 0.4) is 0 Å². The van der Waals surface area contributed by atoms with Gasteiger partial charge in [0.2, 0.25) is 0 Å². The standard InChI is InChI=1S/C20H24N2O2.ClH/c1-21-19-17(8-5-9-18(19)20(23)24)16-10-12-22(13-11-16)14-15-6-3-2-4-7-15;/h2-9,16,21H,10-14H2,1H3,(H,23,24);1H. The Labute approximate surface area is 155 Å². The molecule has 2 aromatic rings. The molecule has 0 unspecified atom stereocenters. The van der Waals surface area contributed by atoms with Gasteiger partial charge < -0.3 is 10.4 Å². The second-order valence-corrected chi connectivity index (χ2v) is 6.36. The van der Waals surface area contributed by atoms with Crippen molar-refractivity contribution in [2.75, 3.05) is 25.5 Å². The van der Waals surface area contributed by atoms with Crippen LogP contribution in [0.15, 0.2) is 48.5 Å². The zero-order valence-corrected chi connectivity index (χ0v) is 15.3. The molecular formula is C20H25ClN2O2. The van der Waals surface area contributed by atoms with E-state index in [4.69, 9.17) is 0 Å². The van der Waals surface area contributed by atoms with E-state index in [-0.39, 0.29) is 12.4 Å². The first-order valence-electron chi connectivity index (χ1n) is 8.49. The molecule has 1 fully saturated rings. The molecule has 1 heterocycles. The summed E-state index contributed by atoms with van der Waals surface area (Å²) < 4.78 is 0. The lowest BCUT2D eigenvalue weighted by atomic mass is 9.87. The maximum Gasteiger partial charge on any atom is 0.337 e. The fourth-order valence-corrected chi connectivity index (χ4v) is 3.61. The van der Waals surface area contributed by atoms with Gasteiger partial charge in [0.1, 0.15) is 0 Å². The molecule has 0 radical (unpaired) electrons. The second kappa shape index (κ2) is 8.88. The van der Waals surface area contributed by atoms with Crippen LogP contribution in [0.4, 0.5) is 5.69 Å². The third-order valence-electron chi connectivity index (χ3n) is 4.85. The minimum Gasteiger partial charge on any atom is -0.478 e. The molecule has 0 aliphatic carbocycles. The van der Waals surface area contributed by atoms with Gasteiger partial charge in [0, 0.05) is 13.6 Å². The fraction of sp³-hybridized carbons (Fsp3) is 0.350. The Morgan fingerprint density at radius 1 is 1.12 bits per heavy atom. The molecule has 0 atom stereocenters. The van der Waals surface area contributed by atoms with Gasteiger partial charge in [-0.05, 0) is 49.0 Å². The molecule has 0 saturated carbocycles. The number of anilines is 1. The number of hydrogen-bond donors (Lipinski definition) is 2. The van der Waals surface area contributed by atoms with Crippen LogP contribution < -0.4 is 5.32 Å². The zero-order chi connectivity index (χ0) is 16.9. The monoisotopic (exact) mass is 360 g/mol. The van der Waals surface area contributed by atoms with Gasteiger partial charge in [-0.1, -0.05) is 42.5 Å². The van der Waals surface area contributed by atoms with E-state index in [1.165, 1.54) is 5.56 Å². The van der Waals surface area contributed by atoms with Crippen LogP contribution in [0.25, 0.3) is 0 Å². The number of benzene rings is 2. The number of nitrogens with one attached hydrogen (secondary N) is 1. The highest BCUT2D eigenvalue weighted by Crippen LogP contribution is 2.35. The van der Waals surface area contributed by atoms with Crippen LogP contribution in [-0.4, -0.2) is 36.1 Å². The van der Waals surface area contributed by atoms with Crippen molar-refractivity contribution in [3.63, 3.8) is 0 Å². The van der Waals surface area contributed by atoms with Crippen molar-refractivity contribution in [2.45, 2.75) is 25.3 Å². The Morgan fingerprint density at radius 2 is 1.80 bits per heavy atom. The number of hydrogen-bond acceptors (Lipinski definition) is 3. The summed E-state index contributed by atoms with van der Waals surface area (Å²) in [5, 5.41) is 12.5. The van der Waals surface area contributed by atoms with Crippen LogP contribution in [0.2, 0.25) is 0 Å². The molecule has 1 saturated heterocycles. The second-order valence-electron chi connectivity index (χ2n) is 6.36. The van der Waals surface area contributed by atoms with E-state index in [9.17, 15) is 9.90 Å². The van der Waals surface area contributed by atoms with E-state index in [1.807, 2.05) is 12.1 Å². The predicted molar refractivity (Wildman–Crippen MR) is 104 cm³/mol. The number of aromatic carboxylic acids is 1. The van der Waals surface area contributed by atoms with E-state index >= 15 is 0 Å². The minimum atomic E-state index is -0.872. The van der Waals surface area contributed by atoms with Crippen molar-refractivity contribution in [2.24, 2.45) is 0 Å². The highest BCUT2D eigenvalue weighted by molar-refractivity contribution is 5.95. The van der Waals surface area contributed by atoms with E-state index in [0.717, 1.165) is 43.7 Å². The summed E-state index contributed by atoms with van der Waals surface area (Å²) in [6.45, 7) is 3.07. The highest BCUT2D eigenvalue weighted by Gasteiger charge is 2.24. The number of para-hydroxylation sites is 1. The summed E-state index contributed by atoms with van der Waals surface area (Å²) in [6.07, 6.45) is 2.12. The topological polar surface area (TPSA) is 52.6 Å². The number of halogens is 1. The minimum absolute atomic E-state index is 0. The normalized spacial score (nSPS) is 15.4. The molecule has 4 nitrogen and oxygen atoms in total. The van der Waals surface area contributed by atoms with Crippen molar-refractivity contribution in [1.82, 2.24) is 4.90 Å². The van der Waals surface area contributed by atoms with Crippen LogP contribution in [0.5, 0.6) is 0 Å². The van der Waals surface area contributed by atoms with Gasteiger partial charge in [0.25, 0.3) is 0 Å². The maximum atomic E-state index is 11.4. The lowest BCUT2D eigenvalue weighted by Crippen LogP contribution is -2.32. The first kappa shape index (κ1) is 19.3. The van der Waals surface area contributed by atoms with Crippen molar-refractivity contribution in [1.29, 1.82) is 0 Å². The van der Waals surface area contributed by atoms with Gasteiger partial charge in [-0.25, -0.2) is 4.79 Å². The van der Waals surface area contributed by atoms with Gasteiger partial charge in [0.15, 0.2) is 0 Å². The van der Waals surface area contributed by atoms with Crippen molar-refractivity contribution in [3.8, 4) is 0 Å². The first-order chi connectivity index (χ1) is 11.7. The molecule has 25 heavy (non-hydrogen) atoms. The Hall–Kier alpha value is -2.04. The number of likely N-dealkylation sites (tertiary alicyclic amines) is 1. The molecule has 1 aliphatic rings. The van der Waals surface area contributed by atoms with Crippen LogP contribution in [0.1, 0.15) is 40.2 Å². The molecule has 0 amide bonds. The number of rotatable bonds is 5. The molecule has 134 valence electrons. The first-order valence-corrected chi connectivity index (χ1v) is 8.49. The lowest BCUT2D eigenvalue weighted by molar-refractivity contribution is 0.0697. The van der Waals surface area contributed by atoms with Crippen molar-refractivity contribution in [3.05, 3.63) is 65.2 Å². The number of carbonyl (C=O) groups is 1. The Balaban J connectivity index is 0.00000225. The van der Waals surface area contributed by atoms with E-state index in [1.54, 1.807) is 13.1 Å². The number of piperidine rings is 1. The molecule has 2 aromatic carbocycles. The highest BCUT2D eigenvalue weighted by atomic mass is 35.5. The summed E-state index contributed by atoms with van der Waals surface area (Å²) in [4.78, 5) is 13.9. The Bertz CT molecular complexity index is 698. The number of nitrogens with zero attached hydrogens (tertiary/aromatic N) is 1. The zero-order valence-electron chi connectivity index (χ0n) is 14.4. The molecule has 3 rings (SSSR count). The largest absolute Gasteiger partial charge is 0.478 e. The average molecular weight is 361 g/mol. The summed E-state index contributed by atoms with van der Waals surface area (Å²) >= 11 is 0. The molecule has 0 aromatic heterocycles. The number of carboxylic acid groups (broad SMARTS) is 1. The Kier molecular flexibility index (Phi) is 6.85. The number of carboxylic acids is 1. The summed E-state index contributed by atoms with van der Waals surface area (Å²) in [7, 11) is 1.80. The smallest absolute Gasteiger partial charge is 0.337 e. The SMILES string of the molecule is CNc1c(C(=O)O)cccc1C1CCN(Cc2ccccc2)CC1.Cl. The quantitative estimate of drug-likeness (QED) is 0.837. The molecule has 1 aliphatic heterocycles. The summed E-state index contributed by atoms with van der Waals surface area (Å²) in [5.74, 6) is -0.457. The van der Waals surface area contributed by atoms with E-state index < -0.39 is 5.97 Å². The maximum absolute atomic E-state index is 11.4. The van der Waals surface area contributed by atoms with Gasteiger partial charge in [-0.3, -0.25) is 4.90 Å². The van der Waals surface area contributed by atoms with Gasteiger partial charge in [-0.15, -0.1) is 12.4 Å². The summed E-state index contributed by atoms with van der Waals surface area (Å²) in [5.41, 5.74) is 3.62.